The van der Waals surface area contributed by atoms with Gasteiger partial charge in [-0.1, -0.05) is 11.6 Å². The number of hydrogen-bond acceptors (Lipinski definition) is 7. The molecule has 4 N–H and O–H groups in total. The Labute approximate surface area is 196 Å². The fourth-order valence-electron chi connectivity index (χ4n) is 2.76. The van der Waals surface area contributed by atoms with E-state index in [1.807, 2.05) is 12.1 Å². The standard InChI is InChI=1S/C23H25ClN6O3/c1-16(31)25-10-11-26-20-15-21(30-23(29-20)17-4-6-18(24)7-5-17)27-12-13-28-22(32)9-8-19-3-2-14-33-19/h2-9,14-15H,10-13H2,1H3,(H,25,31)(H,28,32)(H2,26,27,29,30)/b9-8+. The van der Waals surface area contributed by atoms with E-state index in [-0.39, 0.29) is 11.8 Å². The molecule has 2 heterocycles. The van der Waals surface area contributed by atoms with E-state index in [4.69, 9.17) is 16.0 Å². The molecule has 2 aromatic heterocycles. The van der Waals surface area contributed by atoms with Gasteiger partial charge >= 0.3 is 0 Å². The van der Waals surface area contributed by atoms with Gasteiger partial charge in [0.25, 0.3) is 0 Å². The summed E-state index contributed by atoms with van der Waals surface area (Å²) in [5, 5.41) is 12.5. The molecule has 1 aromatic carbocycles. The predicted molar refractivity (Wildman–Crippen MR) is 129 cm³/mol. The van der Waals surface area contributed by atoms with Crippen LogP contribution in [0.4, 0.5) is 11.6 Å². The summed E-state index contributed by atoms with van der Waals surface area (Å²) in [6.45, 7) is 3.30. The van der Waals surface area contributed by atoms with Gasteiger partial charge in [-0.15, -0.1) is 0 Å². The number of anilines is 2. The summed E-state index contributed by atoms with van der Waals surface area (Å²) < 4.78 is 5.15. The molecule has 3 aromatic rings. The second-order valence-corrected chi connectivity index (χ2v) is 7.38. The molecule has 0 fully saturated rings. The molecule has 0 aliphatic carbocycles. The van der Waals surface area contributed by atoms with E-state index in [9.17, 15) is 9.59 Å². The van der Waals surface area contributed by atoms with E-state index >= 15 is 0 Å². The number of nitrogens with one attached hydrogen (secondary N) is 4. The van der Waals surface area contributed by atoms with E-state index in [1.54, 1.807) is 42.7 Å². The summed E-state index contributed by atoms with van der Waals surface area (Å²) in [4.78, 5) is 32.1. The molecule has 0 saturated heterocycles. The van der Waals surface area contributed by atoms with E-state index in [0.29, 0.717) is 54.4 Å². The fourth-order valence-corrected chi connectivity index (χ4v) is 2.89. The molecule has 0 spiro atoms. The first-order valence-electron chi connectivity index (χ1n) is 10.4. The number of benzene rings is 1. The number of rotatable bonds is 11. The van der Waals surface area contributed by atoms with E-state index < -0.39 is 0 Å². The maximum absolute atomic E-state index is 11.9. The van der Waals surface area contributed by atoms with Crippen LogP contribution in [0.3, 0.4) is 0 Å². The van der Waals surface area contributed by atoms with Crippen molar-refractivity contribution in [3.05, 3.63) is 65.6 Å². The second-order valence-electron chi connectivity index (χ2n) is 6.95. The number of hydrogen-bond donors (Lipinski definition) is 4. The average Bonchev–Trinajstić information content (AvgIpc) is 3.32. The minimum absolute atomic E-state index is 0.0928. The zero-order chi connectivity index (χ0) is 23.5. The van der Waals surface area contributed by atoms with Crippen LogP contribution in [-0.2, 0) is 9.59 Å². The summed E-state index contributed by atoms with van der Waals surface area (Å²) in [6.07, 6.45) is 4.56. The van der Waals surface area contributed by atoms with Crippen LogP contribution in [0.1, 0.15) is 12.7 Å². The van der Waals surface area contributed by atoms with E-state index in [0.717, 1.165) is 5.56 Å². The van der Waals surface area contributed by atoms with Gasteiger partial charge < -0.3 is 25.7 Å². The van der Waals surface area contributed by atoms with Crippen molar-refractivity contribution in [2.75, 3.05) is 36.8 Å². The summed E-state index contributed by atoms with van der Waals surface area (Å²) in [6, 6.07) is 12.5. The van der Waals surface area contributed by atoms with Crippen LogP contribution in [0.15, 0.2) is 59.2 Å². The van der Waals surface area contributed by atoms with Gasteiger partial charge in [0.1, 0.15) is 17.4 Å². The van der Waals surface area contributed by atoms with Crippen molar-refractivity contribution in [2.24, 2.45) is 0 Å². The van der Waals surface area contributed by atoms with Crippen LogP contribution in [0, 0.1) is 0 Å². The highest BCUT2D eigenvalue weighted by Crippen LogP contribution is 2.22. The van der Waals surface area contributed by atoms with Gasteiger partial charge in [0.2, 0.25) is 11.8 Å². The van der Waals surface area contributed by atoms with Gasteiger partial charge in [-0.2, -0.15) is 0 Å². The van der Waals surface area contributed by atoms with Crippen molar-refractivity contribution in [2.45, 2.75) is 6.92 Å². The summed E-state index contributed by atoms with van der Waals surface area (Å²) in [5.74, 6) is 2.01. The lowest BCUT2D eigenvalue weighted by Gasteiger charge is -2.12. The van der Waals surface area contributed by atoms with Gasteiger partial charge in [0, 0.05) is 55.8 Å². The Kier molecular flexibility index (Phi) is 8.84. The molecule has 0 bridgehead atoms. The van der Waals surface area contributed by atoms with Crippen molar-refractivity contribution in [3.8, 4) is 11.4 Å². The third kappa shape index (κ3) is 8.30. The second kappa shape index (κ2) is 12.3. The van der Waals surface area contributed by atoms with Gasteiger partial charge in [0.15, 0.2) is 5.82 Å². The van der Waals surface area contributed by atoms with Crippen LogP contribution >= 0.6 is 11.6 Å². The minimum atomic E-state index is -0.224. The molecule has 3 rings (SSSR count). The molecule has 10 heteroatoms. The van der Waals surface area contributed by atoms with Crippen molar-refractivity contribution < 1.29 is 14.0 Å². The molecule has 0 radical (unpaired) electrons. The van der Waals surface area contributed by atoms with Crippen LogP contribution in [-0.4, -0.2) is 48.0 Å². The first-order valence-corrected chi connectivity index (χ1v) is 10.7. The van der Waals surface area contributed by atoms with Gasteiger partial charge in [-0.25, -0.2) is 9.97 Å². The maximum atomic E-state index is 11.9. The summed E-state index contributed by atoms with van der Waals surface area (Å²) in [5.41, 5.74) is 0.810. The van der Waals surface area contributed by atoms with Gasteiger partial charge in [-0.05, 0) is 42.5 Å². The number of nitrogens with zero attached hydrogens (tertiary/aromatic N) is 2. The van der Waals surface area contributed by atoms with Gasteiger partial charge in [0.05, 0.1) is 6.26 Å². The zero-order valence-electron chi connectivity index (χ0n) is 18.1. The molecule has 0 unspecified atom stereocenters. The molecule has 0 atom stereocenters. The van der Waals surface area contributed by atoms with Gasteiger partial charge in [-0.3, -0.25) is 9.59 Å². The quantitative estimate of drug-likeness (QED) is 0.252. The molecular formula is C23H25ClN6O3. The highest BCUT2D eigenvalue weighted by Gasteiger charge is 2.08. The fraction of sp³-hybridized carbons (Fsp3) is 0.217. The normalized spacial score (nSPS) is 10.7. The van der Waals surface area contributed by atoms with Crippen molar-refractivity contribution in [3.63, 3.8) is 0 Å². The number of furan rings is 1. The first kappa shape index (κ1) is 23.8. The third-order valence-corrected chi connectivity index (χ3v) is 4.56. The predicted octanol–water partition coefficient (Wildman–Crippen LogP) is 3.18. The molecule has 0 aliphatic rings. The highest BCUT2D eigenvalue weighted by atomic mass is 35.5. The van der Waals surface area contributed by atoms with Crippen LogP contribution in [0.2, 0.25) is 5.02 Å². The number of halogens is 1. The zero-order valence-corrected chi connectivity index (χ0v) is 18.9. The SMILES string of the molecule is CC(=O)NCCNc1cc(NCCNC(=O)/C=C/c2ccco2)nc(-c2ccc(Cl)cc2)n1. The molecule has 2 amide bonds. The number of carbonyl (C=O) groups excluding carboxylic acids is 2. The Morgan fingerprint density at radius 2 is 1.64 bits per heavy atom. The topological polar surface area (TPSA) is 121 Å². The van der Waals surface area contributed by atoms with Crippen molar-refractivity contribution in [1.82, 2.24) is 20.6 Å². The molecule has 9 nitrogen and oxygen atoms in total. The largest absolute Gasteiger partial charge is 0.465 e. The average molecular weight is 469 g/mol. The van der Waals surface area contributed by atoms with Crippen LogP contribution in [0.5, 0.6) is 0 Å². The Morgan fingerprint density at radius 3 is 2.24 bits per heavy atom. The molecule has 0 saturated carbocycles. The lowest BCUT2D eigenvalue weighted by molar-refractivity contribution is -0.119. The van der Waals surface area contributed by atoms with Crippen LogP contribution < -0.4 is 21.3 Å². The van der Waals surface area contributed by atoms with Crippen molar-refractivity contribution >= 4 is 41.1 Å². The molecule has 33 heavy (non-hydrogen) atoms. The first-order chi connectivity index (χ1) is 16.0. The lowest BCUT2D eigenvalue weighted by Crippen LogP contribution is -2.27. The highest BCUT2D eigenvalue weighted by molar-refractivity contribution is 6.30. The number of aromatic nitrogens is 2. The molecule has 0 aliphatic heterocycles. The Balaban J connectivity index is 1.59. The number of carbonyl (C=O) groups is 2. The van der Waals surface area contributed by atoms with Crippen molar-refractivity contribution in [1.29, 1.82) is 0 Å². The summed E-state index contributed by atoms with van der Waals surface area (Å²) in [7, 11) is 0. The smallest absolute Gasteiger partial charge is 0.244 e. The maximum Gasteiger partial charge on any atom is 0.244 e. The summed E-state index contributed by atoms with van der Waals surface area (Å²) >= 11 is 5.99. The molecular weight excluding hydrogens is 444 g/mol. The van der Waals surface area contributed by atoms with Crippen LogP contribution in [0.25, 0.3) is 17.5 Å². The third-order valence-electron chi connectivity index (χ3n) is 4.31. The lowest BCUT2D eigenvalue weighted by atomic mass is 10.2. The Bertz CT molecular complexity index is 1080. The Hall–Kier alpha value is -3.85. The molecule has 172 valence electrons. The Morgan fingerprint density at radius 1 is 0.970 bits per heavy atom. The van der Waals surface area contributed by atoms with E-state index in [1.165, 1.54) is 13.0 Å². The number of amides is 2. The minimum Gasteiger partial charge on any atom is -0.465 e. The van der Waals surface area contributed by atoms with E-state index in [2.05, 4.69) is 31.2 Å². The monoisotopic (exact) mass is 468 g/mol.